The average Bonchev–Trinajstić information content (AvgIpc) is 2.98. The standard InChI is InChI=1S/C22H24O2/c1-20-9-7-18-17-5-3-14-13-15(23)4-6-16(14)21(17,2)11-12-22(18,20)19(24)8-10-20/h3-6,13,23H,7-12H2,1-2H3/t20-,21+,22+/m0/s1. The fourth-order valence-corrected chi connectivity index (χ4v) is 6.43. The minimum atomic E-state index is -0.180. The summed E-state index contributed by atoms with van der Waals surface area (Å²) in [4.78, 5) is 13.0. The summed E-state index contributed by atoms with van der Waals surface area (Å²) in [6.45, 7) is 4.68. The Kier molecular flexibility index (Phi) is 2.55. The minimum Gasteiger partial charge on any atom is -0.508 e. The van der Waals surface area contributed by atoms with E-state index in [0.717, 1.165) is 44.1 Å². The maximum Gasteiger partial charge on any atom is 0.143 e. The molecule has 1 spiro atoms. The quantitative estimate of drug-likeness (QED) is 0.737. The normalized spacial score (nSPS) is 39.5. The number of carbonyl (C=O) groups is 1. The van der Waals surface area contributed by atoms with Crippen molar-refractivity contribution in [2.75, 3.05) is 0 Å². The van der Waals surface area contributed by atoms with E-state index in [9.17, 15) is 9.90 Å². The number of hydrogen-bond acceptors (Lipinski definition) is 2. The lowest BCUT2D eigenvalue weighted by molar-refractivity contribution is -0.127. The number of allylic oxidation sites excluding steroid dienone is 3. The molecule has 0 aliphatic heterocycles. The van der Waals surface area contributed by atoms with Gasteiger partial charge in [0.1, 0.15) is 11.5 Å². The Hall–Kier alpha value is -1.83. The molecule has 1 aromatic carbocycles. The highest BCUT2D eigenvalue weighted by Gasteiger charge is 2.65. The van der Waals surface area contributed by atoms with Gasteiger partial charge in [0.2, 0.25) is 0 Å². The molecule has 2 nitrogen and oxygen atoms in total. The van der Waals surface area contributed by atoms with E-state index >= 15 is 0 Å². The van der Waals surface area contributed by atoms with Gasteiger partial charge in [-0.05, 0) is 66.4 Å². The Balaban J connectivity index is 1.77. The van der Waals surface area contributed by atoms with Gasteiger partial charge in [-0.2, -0.15) is 0 Å². The van der Waals surface area contributed by atoms with Gasteiger partial charge in [0.25, 0.3) is 0 Å². The SMILES string of the molecule is C[C@]12CCC(=O)[C@]13CC[C@@]1(C)C(=C3CC2)C=Cc2cc(O)ccc21. The number of phenols is 1. The van der Waals surface area contributed by atoms with Crippen molar-refractivity contribution in [2.45, 2.75) is 57.8 Å². The summed E-state index contributed by atoms with van der Waals surface area (Å²) in [6.07, 6.45) is 10.4. The monoisotopic (exact) mass is 320 g/mol. The van der Waals surface area contributed by atoms with Crippen molar-refractivity contribution in [3.8, 4) is 5.75 Å². The Morgan fingerprint density at radius 1 is 1.00 bits per heavy atom. The largest absolute Gasteiger partial charge is 0.508 e. The average molecular weight is 320 g/mol. The van der Waals surface area contributed by atoms with Crippen LogP contribution in [0.2, 0.25) is 0 Å². The van der Waals surface area contributed by atoms with E-state index in [1.807, 2.05) is 6.07 Å². The summed E-state index contributed by atoms with van der Waals surface area (Å²) < 4.78 is 0. The first-order valence-electron chi connectivity index (χ1n) is 9.20. The summed E-state index contributed by atoms with van der Waals surface area (Å²) in [5.74, 6) is 0.821. The Morgan fingerprint density at radius 2 is 1.79 bits per heavy atom. The molecule has 0 heterocycles. The van der Waals surface area contributed by atoms with E-state index in [4.69, 9.17) is 0 Å². The van der Waals surface area contributed by atoms with Gasteiger partial charge in [-0.3, -0.25) is 4.79 Å². The molecule has 2 heteroatoms. The van der Waals surface area contributed by atoms with E-state index in [0.29, 0.717) is 11.5 Å². The fraction of sp³-hybridized carbons (Fsp3) is 0.500. The van der Waals surface area contributed by atoms with Crippen LogP contribution in [-0.2, 0) is 10.2 Å². The van der Waals surface area contributed by atoms with Gasteiger partial charge in [-0.25, -0.2) is 0 Å². The van der Waals surface area contributed by atoms with Crippen LogP contribution in [0.3, 0.4) is 0 Å². The number of fused-ring (bicyclic) bond motifs is 3. The van der Waals surface area contributed by atoms with Gasteiger partial charge in [-0.1, -0.05) is 37.6 Å². The van der Waals surface area contributed by atoms with Gasteiger partial charge in [0, 0.05) is 11.8 Å². The second-order valence-corrected chi connectivity index (χ2v) is 8.72. The molecule has 4 aliphatic rings. The van der Waals surface area contributed by atoms with Crippen molar-refractivity contribution in [1.82, 2.24) is 0 Å². The first kappa shape index (κ1) is 14.5. The number of carbonyl (C=O) groups excluding carboxylic acids is 1. The summed E-state index contributed by atoms with van der Waals surface area (Å²) in [5, 5.41) is 9.82. The predicted molar refractivity (Wildman–Crippen MR) is 94.8 cm³/mol. The first-order chi connectivity index (χ1) is 11.4. The summed E-state index contributed by atoms with van der Waals surface area (Å²) in [5.41, 5.74) is 5.24. The molecule has 0 aromatic heterocycles. The zero-order valence-corrected chi connectivity index (χ0v) is 14.5. The van der Waals surface area contributed by atoms with E-state index < -0.39 is 0 Å². The van der Waals surface area contributed by atoms with Crippen LogP contribution in [0, 0.1) is 10.8 Å². The van der Waals surface area contributed by atoms with Gasteiger partial charge in [0.15, 0.2) is 0 Å². The molecular formula is C22H24O2. The molecule has 24 heavy (non-hydrogen) atoms. The zero-order chi connectivity index (χ0) is 16.7. The van der Waals surface area contributed by atoms with Gasteiger partial charge < -0.3 is 5.11 Å². The summed E-state index contributed by atoms with van der Waals surface area (Å²) >= 11 is 0. The first-order valence-corrected chi connectivity index (χ1v) is 9.20. The fourth-order valence-electron chi connectivity index (χ4n) is 6.43. The molecule has 0 bridgehead atoms. The lowest BCUT2D eigenvalue weighted by atomic mass is 9.53. The molecule has 1 aromatic rings. The molecule has 2 fully saturated rings. The Bertz CT molecular complexity index is 846. The van der Waals surface area contributed by atoms with Crippen molar-refractivity contribution in [3.05, 3.63) is 46.5 Å². The third-order valence-corrected chi connectivity index (χ3v) is 7.83. The highest BCUT2D eigenvalue weighted by atomic mass is 16.3. The maximum atomic E-state index is 13.0. The van der Waals surface area contributed by atoms with E-state index in [2.05, 4.69) is 32.1 Å². The highest BCUT2D eigenvalue weighted by Crippen LogP contribution is 2.70. The van der Waals surface area contributed by atoms with Crippen molar-refractivity contribution in [2.24, 2.45) is 10.8 Å². The number of ketones is 1. The van der Waals surface area contributed by atoms with Crippen LogP contribution in [0.5, 0.6) is 5.75 Å². The van der Waals surface area contributed by atoms with Crippen LogP contribution in [0.15, 0.2) is 35.4 Å². The van der Waals surface area contributed by atoms with Crippen LogP contribution >= 0.6 is 0 Å². The number of benzene rings is 1. The lowest BCUT2D eigenvalue weighted by Crippen LogP contribution is -2.44. The topological polar surface area (TPSA) is 37.3 Å². The van der Waals surface area contributed by atoms with Crippen LogP contribution in [0.4, 0.5) is 0 Å². The van der Waals surface area contributed by atoms with Crippen molar-refractivity contribution in [3.63, 3.8) is 0 Å². The van der Waals surface area contributed by atoms with Crippen molar-refractivity contribution in [1.29, 1.82) is 0 Å². The van der Waals surface area contributed by atoms with E-state index in [1.165, 1.54) is 16.7 Å². The molecule has 0 unspecified atom stereocenters. The second kappa shape index (κ2) is 4.22. The van der Waals surface area contributed by atoms with E-state index in [1.54, 1.807) is 6.07 Å². The van der Waals surface area contributed by atoms with Crippen LogP contribution in [0.25, 0.3) is 6.08 Å². The molecule has 0 saturated heterocycles. The van der Waals surface area contributed by atoms with Crippen LogP contribution in [-0.4, -0.2) is 10.9 Å². The number of hydrogen-bond donors (Lipinski definition) is 1. The lowest BCUT2D eigenvalue weighted by Gasteiger charge is -2.49. The molecule has 124 valence electrons. The molecule has 0 radical (unpaired) electrons. The third kappa shape index (κ3) is 1.42. The van der Waals surface area contributed by atoms with Crippen molar-refractivity contribution >= 4 is 11.9 Å². The number of Topliss-reactive ketones (excluding diaryl/α,β-unsaturated/α-hetero) is 1. The number of phenolic OH excluding ortho intramolecular Hbond substituents is 1. The Labute approximate surface area is 143 Å². The molecular weight excluding hydrogens is 296 g/mol. The highest BCUT2D eigenvalue weighted by molar-refractivity contribution is 5.93. The third-order valence-electron chi connectivity index (χ3n) is 7.83. The summed E-state index contributed by atoms with van der Waals surface area (Å²) in [7, 11) is 0. The zero-order valence-electron chi connectivity index (χ0n) is 14.5. The second-order valence-electron chi connectivity index (χ2n) is 8.72. The number of aromatic hydroxyl groups is 1. The molecule has 2 saturated carbocycles. The van der Waals surface area contributed by atoms with Crippen LogP contribution < -0.4 is 0 Å². The molecule has 0 amide bonds. The van der Waals surface area contributed by atoms with Gasteiger partial charge in [-0.15, -0.1) is 0 Å². The van der Waals surface area contributed by atoms with E-state index in [-0.39, 0.29) is 16.2 Å². The minimum absolute atomic E-state index is 0.0213. The molecule has 4 aliphatic carbocycles. The summed E-state index contributed by atoms with van der Waals surface area (Å²) in [6, 6.07) is 5.75. The molecule has 1 N–H and O–H groups in total. The predicted octanol–water partition coefficient (Wildman–Crippen LogP) is 4.92. The van der Waals surface area contributed by atoms with Gasteiger partial charge >= 0.3 is 0 Å². The van der Waals surface area contributed by atoms with Crippen molar-refractivity contribution < 1.29 is 9.90 Å². The molecule has 5 rings (SSSR count). The molecule has 3 atom stereocenters. The Morgan fingerprint density at radius 3 is 2.62 bits per heavy atom. The maximum absolute atomic E-state index is 13.0. The van der Waals surface area contributed by atoms with Crippen LogP contribution in [0.1, 0.15) is 63.5 Å². The smallest absolute Gasteiger partial charge is 0.143 e. The number of rotatable bonds is 0. The van der Waals surface area contributed by atoms with Gasteiger partial charge in [0.05, 0.1) is 5.41 Å².